The molecule has 0 bridgehead atoms. The van der Waals surface area contributed by atoms with Crippen molar-refractivity contribution in [3.63, 3.8) is 0 Å². The highest BCUT2D eigenvalue weighted by molar-refractivity contribution is 9.11. The number of hydrogen-bond acceptors (Lipinski definition) is 1. The second-order valence-electron chi connectivity index (χ2n) is 2.43. The van der Waals surface area contributed by atoms with Gasteiger partial charge in [-0.25, -0.2) is 0 Å². The van der Waals surface area contributed by atoms with Gasteiger partial charge in [0.2, 0.25) is 0 Å². The minimum atomic E-state index is 1.13. The van der Waals surface area contributed by atoms with Crippen molar-refractivity contribution >= 4 is 33.3 Å². The molecule has 0 fully saturated rings. The summed E-state index contributed by atoms with van der Waals surface area (Å²) in [5.41, 5.74) is 2.92. The third kappa shape index (κ3) is 0.789. The maximum atomic E-state index is 3.54. The molecule has 0 aromatic carbocycles. The normalized spacial score (nSPS) is 14.2. The van der Waals surface area contributed by atoms with Gasteiger partial charge in [-0.2, -0.15) is 0 Å². The Balaban J connectivity index is 2.70. The fraction of sp³-hybridized carbons (Fsp3) is 0.250. The Morgan fingerprint density at radius 1 is 1.60 bits per heavy atom. The van der Waals surface area contributed by atoms with Crippen LogP contribution >= 0.6 is 27.3 Å². The van der Waals surface area contributed by atoms with Crippen molar-refractivity contribution in [1.82, 2.24) is 0 Å². The summed E-state index contributed by atoms with van der Waals surface area (Å²) in [7, 11) is 0. The average Bonchev–Trinajstić information content (AvgIpc) is 2.39. The zero-order valence-corrected chi connectivity index (χ0v) is 8.05. The molecule has 0 radical (unpaired) electrons. The van der Waals surface area contributed by atoms with E-state index >= 15 is 0 Å². The fourth-order valence-corrected chi connectivity index (χ4v) is 3.26. The van der Waals surface area contributed by atoms with E-state index in [9.17, 15) is 0 Å². The SMILES string of the molecule is Cc1sc(Br)c2c1CC=C2. The van der Waals surface area contributed by atoms with E-state index in [1.54, 1.807) is 0 Å². The Morgan fingerprint density at radius 3 is 3.10 bits per heavy atom. The van der Waals surface area contributed by atoms with Gasteiger partial charge in [0.15, 0.2) is 0 Å². The second-order valence-corrected chi connectivity index (χ2v) is 4.97. The first-order chi connectivity index (χ1) is 4.79. The van der Waals surface area contributed by atoms with E-state index in [1.165, 1.54) is 19.8 Å². The van der Waals surface area contributed by atoms with Crippen LogP contribution in [0.3, 0.4) is 0 Å². The van der Waals surface area contributed by atoms with Crippen LogP contribution in [-0.2, 0) is 6.42 Å². The molecular weight excluding hydrogens is 208 g/mol. The van der Waals surface area contributed by atoms with Gasteiger partial charge in [-0.1, -0.05) is 12.2 Å². The van der Waals surface area contributed by atoms with Gasteiger partial charge >= 0.3 is 0 Å². The largest absolute Gasteiger partial charge is 0.133 e. The summed E-state index contributed by atoms with van der Waals surface area (Å²) in [6, 6.07) is 0. The van der Waals surface area contributed by atoms with Crippen LogP contribution in [0, 0.1) is 6.92 Å². The predicted octanol–water partition coefficient (Wildman–Crippen LogP) is 3.39. The molecule has 1 aromatic rings. The Kier molecular flexibility index (Phi) is 1.46. The van der Waals surface area contributed by atoms with Crippen molar-refractivity contribution in [2.75, 3.05) is 0 Å². The molecule has 52 valence electrons. The third-order valence-electron chi connectivity index (χ3n) is 1.81. The summed E-state index contributed by atoms with van der Waals surface area (Å²) in [4.78, 5) is 1.45. The maximum absolute atomic E-state index is 3.54. The van der Waals surface area contributed by atoms with E-state index in [0.717, 1.165) is 6.42 Å². The summed E-state index contributed by atoms with van der Waals surface area (Å²) in [5, 5.41) is 0. The summed E-state index contributed by atoms with van der Waals surface area (Å²) in [6.45, 7) is 2.18. The molecule has 0 saturated heterocycles. The highest BCUT2D eigenvalue weighted by Gasteiger charge is 2.13. The first-order valence-corrected chi connectivity index (χ1v) is 4.84. The van der Waals surface area contributed by atoms with Crippen LogP contribution in [0.15, 0.2) is 9.86 Å². The van der Waals surface area contributed by atoms with E-state index in [1.807, 2.05) is 11.3 Å². The van der Waals surface area contributed by atoms with Gasteiger partial charge in [-0.05, 0) is 34.8 Å². The number of aryl methyl sites for hydroxylation is 1. The van der Waals surface area contributed by atoms with Gasteiger partial charge in [0.05, 0.1) is 3.79 Å². The minimum absolute atomic E-state index is 1.13. The van der Waals surface area contributed by atoms with Crippen molar-refractivity contribution in [2.24, 2.45) is 0 Å². The Hall–Kier alpha value is -0.0800. The lowest BCUT2D eigenvalue weighted by Crippen LogP contribution is -1.75. The second kappa shape index (κ2) is 2.21. The molecular formula is C8H7BrS. The summed E-state index contributed by atoms with van der Waals surface area (Å²) in [5.74, 6) is 0. The smallest absolute Gasteiger partial charge is 0.0776 e. The van der Waals surface area contributed by atoms with Gasteiger partial charge < -0.3 is 0 Å². The molecule has 0 unspecified atom stereocenters. The Labute approximate surface area is 72.7 Å². The van der Waals surface area contributed by atoms with Crippen molar-refractivity contribution in [2.45, 2.75) is 13.3 Å². The van der Waals surface area contributed by atoms with Crippen LogP contribution in [0.1, 0.15) is 16.0 Å². The molecule has 1 heterocycles. The van der Waals surface area contributed by atoms with E-state index < -0.39 is 0 Å². The van der Waals surface area contributed by atoms with Crippen LogP contribution in [0.4, 0.5) is 0 Å². The van der Waals surface area contributed by atoms with Crippen LogP contribution in [0.2, 0.25) is 0 Å². The number of rotatable bonds is 0. The maximum Gasteiger partial charge on any atom is 0.0776 e. The molecule has 0 amide bonds. The Morgan fingerprint density at radius 2 is 2.40 bits per heavy atom. The standard InChI is InChI=1S/C8H7BrS/c1-5-6-3-2-4-7(6)8(9)10-5/h2,4H,3H2,1H3. The highest BCUT2D eigenvalue weighted by atomic mass is 79.9. The summed E-state index contributed by atoms with van der Waals surface area (Å²) < 4.78 is 1.29. The first kappa shape index (κ1) is 6.62. The molecule has 0 nitrogen and oxygen atoms in total. The van der Waals surface area contributed by atoms with Gasteiger partial charge in [-0.15, -0.1) is 11.3 Å². The molecule has 0 N–H and O–H groups in total. The van der Waals surface area contributed by atoms with Crippen molar-refractivity contribution in [1.29, 1.82) is 0 Å². The molecule has 0 spiro atoms. The van der Waals surface area contributed by atoms with Crippen LogP contribution in [0.25, 0.3) is 6.08 Å². The number of halogens is 1. The van der Waals surface area contributed by atoms with Crippen LogP contribution < -0.4 is 0 Å². The van der Waals surface area contributed by atoms with E-state index in [0.29, 0.717) is 0 Å². The lowest BCUT2D eigenvalue weighted by molar-refractivity contribution is 1.29. The van der Waals surface area contributed by atoms with Gasteiger partial charge in [0, 0.05) is 10.4 Å². The predicted molar refractivity (Wildman–Crippen MR) is 49.5 cm³/mol. The number of fused-ring (bicyclic) bond motifs is 1. The van der Waals surface area contributed by atoms with E-state index in [2.05, 4.69) is 35.0 Å². The summed E-state index contributed by atoms with van der Waals surface area (Å²) in [6.07, 6.45) is 5.54. The summed E-state index contributed by atoms with van der Waals surface area (Å²) >= 11 is 5.37. The molecule has 2 rings (SSSR count). The fourth-order valence-electron chi connectivity index (χ4n) is 1.27. The molecule has 1 aliphatic rings. The monoisotopic (exact) mass is 214 g/mol. The van der Waals surface area contributed by atoms with Crippen LogP contribution in [0.5, 0.6) is 0 Å². The van der Waals surface area contributed by atoms with Gasteiger partial charge in [0.1, 0.15) is 0 Å². The lowest BCUT2D eigenvalue weighted by Gasteiger charge is -1.88. The molecule has 10 heavy (non-hydrogen) atoms. The average molecular weight is 215 g/mol. The Bertz CT molecular complexity index is 296. The van der Waals surface area contributed by atoms with Crippen molar-refractivity contribution in [3.8, 4) is 0 Å². The zero-order chi connectivity index (χ0) is 7.14. The van der Waals surface area contributed by atoms with Gasteiger partial charge in [0.25, 0.3) is 0 Å². The molecule has 1 aromatic heterocycles. The quantitative estimate of drug-likeness (QED) is 0.622. The van der Waals surface area contributed by atoms with Crippen molar-refractivity contribution < 1.29 is 0 Å². The molecule has 0 atom stereocenters. The number of allylic oxidation sites excluding steroid dienone is 1. The van der Waals surface area contributed by atoms with Gasteiger partial charge in [-0.3, -0.25) is 0 Å². The zero-order valence-electron chi connectivity index (χ0n) is 5.65. The van der Waals surface area contributed by atoms with E-state index in [4.69, 9.17) is 0 Å². The lowest BCUT2D eigenvalue weighted by atomic mass is 10.2. The first-order valence-electron chi connectivity index (χ1n) is 3.23. The minimum Gasteiger partial charge on any atom is -0.133 e. The van der Waals surface area contributed by atoms with Crippen LogP contribution in [-0.4, -0.2) is 0 Å². The third-order valence-corrected chi connectivity index (χ3v) is 3.68. The topological polar surface area (TPSA) is 0 Å². The van der Waals surface area contributed by atoms with Crippen molar-refractivity contribution in [3.05, 3.63) is 25.9 Å². The molecule has 0 saturated carbocycles. The number of hydrogen-bond donors (Lipinski definition) is 0. The number of thiophene rings is 1. The van der Waals surface area contributed by atoms with E-state index in [-0.39, 0.29) is 0 Å². The molecule has 2 heteroatoms. The highest BCUT2D eigenvalue weighted by Crippen LogP contribution is 2.36. The molecule has 0 aliphatic heterocycles. The molecule has 1 aliphatic carbocycles.